The monoisotopic (exact) mass is 995 g/mol. The molecule has 8 heteroatoms. The van der Waals surface area contributed by atoms with E-state index in [-0.39, 0.29) is 55.8 Å². The van der Waals surface area contributed by atoms with Crippen LogP contribution in [0.1, 0.15) is 287 Å². The Labute approximate surface area is 430 Å². The van der Waals surface area contributed by atoms with Crippen molar-refractivity contribution in [2.75, 3.05) is 0 Å². The van der Waals surface area contributed by atoms with E-state index in [1.54, 1.807) is 33.4 Å². The van der Waals surface area contributed by atoms with E-state index in [0.717, 1.165) is 27.8 Å². The number of rotatable bonds is 10. The summed E-state index contributed by atoms with van der Waals surface area (Å²) in [6, 6.07) is 14.8. The fourth-order valence-electron chi connectivity index (χ4n) is 13.2. The Kier molecular flexibility index (Phi) is 22.3. The summed E-state index contributed by atoms with van der Waals surface area (Å²) >= 11 is 7.12. The Morgan fingerprint density at radius 3 is 0.862 bits per heavy atom. The molecule has 354 valence electrons. The molecule has 6 fully saturated rings. The molecular weight excluding hydrogens is 919 g/mol. The molecule has 0 aliphatic heterocycles. The van der Waals surface area contributed by atoms with Gasteiger partial charge in [0.05, 0.1) is 34.2 Å². The Balaban J connectivity index is 0.00000198. The van der Waals surface area contributed by atoms with Gasteiger partial charge in [0.1, 0.15) is 0 Å². The van der Waals surface area contributed by atoms with Crippen molar-refractivity contribution in [3.05, 3.63) is 86.2 Å². The summed E-state index contributed by atoms with van der Waals surface area (Å²) in [5.41, 5.74) is 15.8. The van der Waals surface area contributed by atoms with Crippen molar-refractivity contribution >= 4 is 34.4 Å². The van der Waals surface area contributed by atoms with E-state index in [1.165, 1.54) is 204 Å². The zero-order chi connectivity index (χ0) is 41.5. The number of hydrogen-bond donors (Lipinski definition) is 0. The van der Waals surface area contributed by atoms with Crippen molar-refractivity contribution in [2.24, 2.45) is 9.98 Å². The molecule has 0 bridgehead atoms. The summed E-state index contributed by atoms with van der Waals surface area (Å²) in [7, 11) is 0. The van der Waals surface area contributed by atoms with E-state index < -0.39 is 0 Å². The third kappa shape index (κ3) is 13.5. The summed E-state index contributed by atoms with van der Waals surface area (Å²) in [6.07, 6.45) is 40.3. The number of benzene rings is 2. The van der Waals surface area contributed by atoms with Crippen molar-refractivity contribution in [3.63, 3.8) is 0 Å². The Bertz CT molecular complexity index is 1790. The van der Waals surface area contributed by atoms with Crippen LogP contribution in [-0.2, 0) is 18.6 Å². The molecule has 0 atom stereocenters. The summed E-state index contributed by atoms with van der Waals surface area (Å²) in [6.45, 7) is 4.40. The van der Waals surface area contributed by atoms with Crippen LogP contribution in [0.25, 0.3) is 0 Å². The second kappa shape index (κ2) is 26.6. The van der Waals surface area contributed by atoms with Crippen molar-refractivity contribution < 1.29 is 55.8 Å². The molecule has 6 saturated carbocycles. The molecule has 3 nitrogen and oxygen atoms in total. The molecule has 65 heavy (non-hydrogen) atoms. The van der Waals surface area contributed by atoms with Gasteiger partial charge >= 0.3 is 18.6 Å². The Morgan fingerprint density at radius 1 is 0.385 bits per heavy atom. The van der Waals surface area contributed by atoms with Crippen LogP contribution in [0.15, 0.2) is 46.4 Å². The maximum atomic E-state index is 7.12. The van der Waals surface area contributed by atoms with Gasteiger partial charge in [-0.2, -0.15) is 0 Å². The van der Waals surface area contributed by atoms with Crippen molar-refractivity contribution in [1.29, 1.82) is 0 Å². The molecule has 2 aromatic carbocycles. The van der Waals surface area contributed by atoms with Gasteiger partial charge in [-0.25, -0.2) is 4.98 Å². The molecule has 3 aromatic rings. The molecule has 0 unspecified atom stereocenters. The summed E-state index contributed by atoms with van der Waals surface area (Å²) in [5, 5.41) is 0.726. The van der Waals surface area contributed by atoms with Crippen molar-refractivity contribution in [3.8, 4) is 0 Å². The molecular formula is C57H78Cl4N3V. The van der Waals surface area contributed by atoms with Crippen molar-refractivity contribution in [1.82, 2.24) is 4.98 Å². The van der Waals surface area contributed by atoms with Gasteiger partial charge in [0.25, 0.3) is 0 Å². The third-order valence-corrected chi connectivity index (χ3v) is 17.0. The molecule has 0 saturated heterocycles. The number of aliphatic imine (C=N–C) groups is 2. The number of halogens is 4. The number of pyridine rings is 1. The van der Waals surface area contributed by atoms with Crippen LogP contribution in [0.2, 0.25) is 5.02 Å². The SMILES string of the molecule is CC(=Nc1c(C2CCCCC2)cc(C2CCCCC2)cc1C1CCCCC1)c1cc(Cl)cc(C(C)=Nc2c(C3CCCCC3)cc(C3CCCCC3)cc2C2CCCCC2)n1.[Cl-].[Cl-].[Cl-].[V+3]. The number of hydrogen-bond acceptors (Lipinski definition) is 3. The minimum atomic E-state index is 0. The average Bonchev–Trinajstić information content (AvgIpc) is 3.33. The minimum absolute atomic E-state index is 0. The number of aromatic nitrogens is 1. The predicted molar refractivity (Wildman–Crippen MR) is 261 cm³/mol. The van der Waals surface area contributed by atoms with Crippen LogP contribution in [0.5, 0.6) is 0 Å². The van der Waals surface area contributed by atoms with Gasteiger partial charge in [0.2, 0.25) is 0 Å². The molecule has 0 radical (unpaired) electrons. The molecule has 6 aliphatic carbocycles. The van der Waals surface area contributed by atoms with Crippen LogP contribution >= 0.6 is 11.6 Å². The van der Waals surface area contributed by atoms with E-state index in [4.69, 9.17) is 26.6 Å². The van der Waals surface area contributed by atoms with E-state index >= 15 is 0 Å². The first-order valence-corrected chi connectivity index (χ1v) is 26.5. The zero-order valence-electron chi connectivity index (χ0n) is 39.9. The quantitative estimate of drug-likeness (QED) is 0.187. The largest absolute Gasteiger partial charge is 3.00 e. The van der Waals surface area contributed by atoms with Crippen molar-refractivity contribution in [2.45, 2.75) is 242 Å². The molecule has 9 rings (SSSR count). The van der Waals surface area contributed by atoms with E-state index in [0.29, 0.717) is 35.5 Å². The molecule has 1 aromatic heterocycles. The summed E-state index contributed by atoms with van der Waals surface area (Å²) in [5.74, 6) is 3.82. The second-order valence-corrected chi connectivity index (χ2v) is 21.5. The second-order valence-electron chi connectivity index (χ2n) is 21.1. The topological polar surface area (TPSA) is 37.6 Å². The first-order chi connectivity index (χ1) is 30.0. The van der Waals surface area contributed by atoms with Gasteiger partial charge in [-0.15, -0.1) is 0 Å². The molecule has 0 amide bonds. The van der Waals surface area contributed by atoms with Crippen LogP contribution in [0.4, 0.5) is 11.4 Å². The average molecular weight is 998 g/mol. The van der Waals surface area contributed by atoms with Gasteiger partial charge in [-0.3, -0.25) is 9.98 Å². The van der Waals surface area contributed by atoms with Gasteiger partial charge in [0, 0.05) is 5.02 Å². The van der Waals surface area contributed by atoms with Gasteiger partial charge in [-0.05, 0) is 172 Å². The maximum Gasteiger partial charge on any atom is 3.00 e. The number of nitrogens with zero attached hydrogens (tertiary/aromatic N) is 3. The van der Waals surface area contributed by atoms with Crippen LogP contribution < -0.4 is 37.2 Å². The minimum Gasteiger partial charge on any atom is -1.00 e. The fraction of sp³-hybridized carbons (Fsp3) is 0.667. The van der Waals surface area contributed by atoms with Gasteiger partial charge in [-0.1, -0.05) is 151 Å². The van der Waals surface area contributed by atoms with E-state index in [1.807, 2.05) is 0 Å². The Morgan fingerprint density at radius 2 is 0.615 bits per heavy atom. The van der Waals surface area contributed by atoms with Crippen LogP contribution in [-0.4, -0.2) is 16.4 Å². The van der Waals surface area contributed by atoms with E-state index in [2.05, 4.69) is 50.2 Å². The normalized spacial score (nSPS) is 21.7. The first-order valence-electron chi connectivity index (χ1n) is 26.1. The first kappa shape index (κ1) is 54.6. The predicted octanol–water partition coefficient (Wildman–Crippen LogP) is 9.31. The maximum absolute atomic E-state index is 7.12. The van der Waals surface area contributed by atoms with Crippen LogP contribution in [0, 0.1) is 0 Å². The third-order valence-electron chi connectivity index (χ3n) is 16.8. The van der Waals surface area contributed by atoms with E-state index in [9.17, 15) is 0 Å². The van der Waals surface area contributed by atoms with Crippen LogP contribution in [0.3, 0.4) is 0 Å². The summed E-state index contributed by atoms with van der Waals surface area (Å²) < 4.78 is 0. The van der Waals surface area contributed by atoms with Gasteiger partial charge in [0.15, 0.2) is 0 Å². The molecule has 0 N–H and O–H groups in total. The Hall–Kier alpha value is -1.33. The fourth-order valence-corrected chi connectivity index (χ4v) is 13.4. The summed E-state index contributed by atoms with van der Waals surface area (Å²) in [4.78, 5) is 16.9. The molecule has 1 heterocycles. The standard InChI is InChI=1S/C57H78ClN3.3ClH.V/c1-39(59-56-50(43-25-13-5-14-26-43)33-47(41-21-9-3-10-22-41)34-51(56)44-27-15-6-16-28-44)54-37-49(58)38-55(61-54)40(2)60-57-52(45-29-17-7-18-30-45)35-48(42-23-11-4-12-24-42)36-53(57)46-31-19-8-20-32-46;;;;/h33-38,41-46H,3-32H2,1-2H3;3*1H;/q;;;;+3/p-3. The molecule has 0 spiro atoms. The smallest absolute Gasteiger partial charge is 1.00 e. The molecule has 6 aliphatic rings. The van der Waals surface area contributed by atoms with Gasteiger partial charge < -0.3 is 37.2 Å². The zero-order valence-corrected chi connectivity index (χ0v) is 44.4.